The Bertz CT molecular complexity index is 726. The molecule has 1 aliphatic carbocycles. The highest BCUT2D eigenvalue weighted by atomic mass is 32.1. The van der Waals surface area contributed by atoms with Crippen molar-refractivity contribution >= 4 is 23.1 Å². The Hall–Kier alpha value is -1.97. The van der Waals surface area contributed by atoms with Crippen LogP contribution in [0.4, 0.5) is 10.5 Å². The second-order valence-electron chi connectivity index (χ2n) is 6.23. The van der Waals surface area contributed by atoms with Gasteiger partial charge < -0.3 is 20.1 Å². The molecule has 1 aliphatic heterocycles. The third kappa shape index (κ3) is 2.92. The lowest BCUT2D eigenvalue weighted by Gasteiger charge is -2.52. The molecule has 1 saturated carbocycles. The van der Waals surface area contributed by atoms with Crippen molar-refractivity contribution < 1.29 is 14.3 Å². The first-order chi connectivity index (χ1) is 12.2. The molecule has 2 aromatic rings. The zero-order chi connectivity index (χ0) is 17.3. The smallest absolute Gasteiger partial charge is 0.319 e. The van der Waals surface area contributed by atoms with Crippen molar-refractivity contribution in [2.45, 2.75) is 43.9 Å². The first kappa shape index (κ1) is 16.5. The summed E-state index contributed by atoms with van der Waals surface area (Å²) in [6, 6.07) is -0.309. The van der Waals surface area contributed by atoms with Crippen LogP contribution in [0, 0.1) is 0 Å². The van der Waals surface area contributed by atoms with Gasteiger partial charge in [0.25, 0.3) is 0 Å². The van der Waals surface area contributed by atoms with Gasteiger partial charge in [0.15, 0.2) is 0 Å². The molecule has 0 radical (unpaired) electrons. The number of thiazole rings is 1. The molecule has 1 saturated heterocycles. The summed E-state index contributed by atoms with van der Waals surface area (Å²) < 4.78 is 11.8. The van der Waals surface area contributed by atoms with Gasteiger partial charge >= 0.3 is 6.03 Å². The van der Waals surface area contributed by atoms with Crippen molar-refractivity contribution in [1.29, 1.82) is 0 Å². The van der Waals surface area contributed by atoms with Gasteiger partial charge in [0, 0.05) is 24.8 Å². The molecule has 0 bridgehead atoms. The van der Waals surface area contributed by atoms with E-state index in [9.17, 15) is 4.79 Å². The molecule has 2 aliphatic rings. The molecule has 3 N–H and O–H groups in total. The second kappa shape index (κ2) is 6.74. The lowest BCUT2D eigenvalue weighted by atomic mass is 9.70. The second-order valence-corrected chi connectivity index (χ2v) is 7.13. The van der Waals surface area contributed by atoms with Crippen LogP contribution in [0.5, 0.6) is 0 Å². The number of rotatable bonds is 5. The zero-order valence-electron chi connectivity index (χ0n) is 13.9. The Labute approximate surface area is 149 Å². The Morgan fingerprint density at radius 3 is 3.24 bits per heavy atom. The fourth-order valence-electron chi connectivity index (χ4n) is 3.69. The molecule has 8 nitrogen and oxygen atoms in total. The summed E-state index contributed by atoms with van der Waals surface area (Å²) in [5.74, 6) is 0. The van der Waals surface area contributed by atoms with E-state index in [1.165, 1.54) is 11.3 Å². The molecule has 2 fully saturated rings. The normalized spacial score (nSPS) is 28.0. The quantitative estimate of drug-likeness (QED) is 0.757. The number of hydrogen-bond acceptors (Lipinski definition) is 6. The fourth-order valence-corrected chi connectivity index (χ4v) is 4.33. The van der Waals surface area contributed by atoms with E-state index in [0.29, 0.717) is 18.0 Å². The maximum atomic E-state index is 12.5. The number of amides is 2. The molecule has 0 aromatic carbocycles. The minimum atomic E-state index is -0.373. The first-order valence-corrected chi connectivity index (χ1v) is 9.37. The Morgan fingerprint density at radius 2 is 2.52 bits per heavy atom. The monoisotopic (exact) mass is 363 g/mol. The third-order valence-corrected chi connectivity index (χ3v) is 5.66. The molecule has 1 spiro atoms. The number of anilines is 1. The highest BCUT2D eigenvalue weighted by Crippen LogP contribution is 2.45. The predicted octanol–water partition coefficient (Wildman–Crippen LogP) is 2.38. The maximum Gasteiger partial charge on any atom is 0.319 e. The van der Waals surface area contributed by atoms with E-state index in [0.717, 1.165) is 30.9 Å². The summed E-state index contributed by atoms with van der Waals surface area (Å²) in [6.07, 6.45) is 6.05. The molecule has 3 unspecified atom stereocenters. The van der Waals surface area contributed by atoms with Gasteiger partial charge in [-0.25, -0.2) is 9.78 Å². The minimum absolute atomic E-state index is 0.0400. The van der Waals surface area contributed by atoms with Gasteiger partial charge in [-0.2, -0.15) is 5.10 Å². The van der Waals surface area contributed by atoms with Gasteiger partial charge in [-0.05, 0) is 26.2 Å². The van der Waals surface area contributed by atoms with Crippen LogP contribution in [0.15, 0.2) is 17.8 Å². The lowest BCUT2D eigenvalue weighted by molar-refractivity contribution is -0.194. The number of nitrogens with zero attached hydrogens (tertiary/aromatic N) is 2. The summed E-state index contributed by atoms with van der Waals surface area (Å²) in [5.41, 5.74) is 0.939. The number of aromatic amines is 1. The molecule has 3 atom stereocenters. The number of ether oxygens (including phenoxy) is 2. The molecule has 2 amide bonds. The maximum absolute atomic E-state index is 12.5. The minimum Gasteiger partial charge on any atom is -0.375 e. The molecule has 9 heteroatoms. The van der Waals surface area contributed by atoms with Crippen LogP contribution >= 0.6 is 11.3 Å². The summed E-state index contributed by atoms with van der Waals surface area (Å²) in [4.78, 5) is 16.7. The van der Waals surface area contributed by atoms with Crippen LogP contribution in [0.2, 0.25) is 0 Å². The number of H-pyrrole nitrogens is 1. The molecule has 4 rings (SSSR count). The number of nitrogens with one attached hydrogen (secondary N) is 3. The predicted molar refractivity (Wildman–Crippen MR) is 93.6 cm³/mol. The van der Waals surface area contributed by atoms with E-state index in [2.05, 4.69) is 25.8 Å². The molecule has 134 valence electrons. The highest BCUT2D eigenvalue weighted by molar-refractivity contribution is 7.13. The molecular formula is C16H21N5O3S. The van der Waals surface area contributed by atoms with Crippen LogP contribution < -0.4 is 10.6 Å². The molecular weight excluding hydrogens is 342 g/mol. The van der Waals surface area contributed by atoms with E-state index in [4.69, 9.17) is 9.47 Å². The fraction of sp³-hybridized carbons (Fsp3) is 0.562. The molecule has 2 aromatic heterocycles. The largest absolute Gasteiger partial charge is 0.375 e. The summed E-state index contributed by atoms with van der Waals surface area (Å²) >= 11 is 1.48. The topological polar surface area (TPSA) is 101 Å². The van der Waals surface area contributed by atoms with E-state index >= 15 is 0 Å². The van der Waals surface area contributed by atoms with E-state index in [1.807, 2.05) is 12.3 Å². The van der Waals surface area contributed by atoms with E-state index < -0.39 is 0 Å². The number of aromatic nitrogens is 3. The van der Waals surface area contributed by atoms with Crippen LogP contribution in [0.3, 0.4) is 0 Å². The zero-order valence-corrected chi connectivity index (χ0v) is 14.8. The summed E-state index contributed by atoms with van der Waals surface area (Å²) in [7, 11) is 0. The molecule has 3 heterocycles. The molecule has 25 heavy (non-hydrogen) atoms. The number of hydrogen-bond donors (Lipinski definition) is 3. The van der Waals surface area contributed by atoms with Crippen molar-refractivity contribution in [3.8, 4) is 10.7 Å². The Balaban J connectivity index is 1.41. The van der Waals surface area contributed by atoms with Crippen molar-refractivity contribution in [3.05, 3.63) is 17.8 Å². The van der Waals surface area contributed by atoms with Gasteiger partial charge in [0.2, 0.25) is 0 Å². The Kier molecular flexibility index (Phi) is 4.45. The van der Waals surface area contributed by atoms with Crippen LogP contribution in [-0.4, -0.2) is 52.2 Å². The van der Waals surface area contributed by atoms with Gasteiger partial charge in [0.05, 0.1) is 24.0 Å². The highest BCUT2D eigenvalue weighted by Gasteiger charge is 2.59. The van der Waals surface area contributed by atoms with Gasteiger partial charge in [-0.3, -0.25) is 5.10 Å². The summed E-state index contributed by atoms with van der Waals surface area (Å²) in [6.45, 7) is 3.36. The van der Waals surface area contributed by atoms with Crippen molar-refractivity contribution in [2.75, 3.05) is 18.5 Å². The Morgan fingerprint density at radius 1 is 1.60 bits per heavy atom. The van der Waals surface area contributed by atoms with Crippen LogP contribution in [0.25, 0.3) is 10.7 Å². The van der Waals surface area contributed by atoms with Gasteiger partial charge in [-0.1, -0.05) is 0 Å². The van der Waals surface area contributed by atoms with Crippen molar-refractivity contribution in [1.82, 2.24) is 20.5 Å². The van der Waals surface area contributed by atoms with Crippen molar-refractivity contribution in [2.24, 2.45) is 0 Å². The van der Waals surface area contributed by atoms with Crippen molar-refractivity contribution in [3.63, 3.8) is 0 Å². The average molecular weight is 363 g/mol. The lowest BCUT2D eigenvalue weighted by Crippen LogP contribution is -2.70. The standard InChI is InChI=1S/C16H21N5O3S/c1-2-23-12-8-11(16(12)4-3-6-24-16)20-15(22)19-10-9-18-21-13(10)14-17-5-7-25-14/h5,7,9,11-12H,2-4,6,8H2,1H3,(H,18,21)(H2,19,20,22). The van der Waals surface area contributed by atoms with Crippen LogP contribution in [0.1, 0.15) is 26.2 Å². The summed E-state index contributed by atoms with van der Waals surface area (Å²) in [5, 5.41) is 15.4. The SMILES string of the molecule is CCOC1CC(NC(=O)Nc2cn[nH]c2-c2nccs2)C12CCCO2. The van der Waals surface area contributed by atoms with E-state index in [-0.39, 0.29) is 23.8 Å². The number of urea groups is 1. The first-order valence-electron chi connectivity index (χ1n) is 8.49. The number of carbonyl (C=O) groups excluding carboxylic acids is 1. The van der Waals surface area contributed by atoms with E-state index in [1.54, 1.807) is 12.4 Å². The third-order valence-electron chi connectivity index (χ3n) is 4.87. The van der Waals surface area contributed by atoms with Crippen LogP contribution in [-0.2, 0) is 9.47 Å². The average Bonchev–Trinajstić information content (AvgIpc) is 3.34. The number of carbonyl (C=O) groups is 1. The van der Waals surface area contributed by atoms with Gasteiger partial charge in [-0.15, -0.1) is 11.3 Å². The van der Waals surface area contributed by atoms with Gasteiger partial charge in [0.1, 0.15) is 16.3 Å².